The molecule has 1 fully saturated rings. The number of rotatable bonds is 4. The van der Waals surface area contributed by atoms with Gasteiger partial charge in [-0.1, -0.05) is 42.1 Å². The van der Waals surface area contributed by atoms with Crippen molar-refractivity contribution in [2.45, 2.75) is 12.5 Å². The predicted molar refractivity (Wildman–Crippen MR) is 84.0 cm³/mol. The lowest BCUT2D eigenvalue weighted by Gasteiger charge is -2.09. The highest BCUT2D eigenvalue weighted by atomic mass is 32.2. The van der Waals surface area contributed by atoms with Crippen LogP contribution >= 0.6 is 11.8 Å². The molecular formula is C15H18N4S. The number of hydrogen-bond donors (Lipinski definition) is 1. The summed E-state index contributed by atoms with van der Waals surface area (Å²) in [5.74, 6) is 1.05. The Kier molecular flexibility index (Phi) is 4.06. The molecule has 1 aromatic heterocycles. The lowest BCUT2D eigenvalue weighted by molar-refractivity contribution is 0.704. The third-order valence-electron chi connectivity index (χ3n) is 3.43. The van der Waals surface area contributed by atoms with Gasteiger partial charge in [0, 0.05) is 37.7 Å². The molecule has 2 aromatic rings. The van der Waals surface area contributed by atoms with Crippen LogP contribution < -0.4 is 5.32 Å². The van der Waals surface area contributed by atoms with Gasteiger partial charge in [-0.25, -0.2) is 0 Å². The molecule has 1 N–H and O–H groups in total. The maximum Gasteiger partial charge on any atom is 0.157 e. The molecule has 4 nitrogen and oxygen atoms in total. The number of benzene rings is 1. The van der Waals surface area contributed by atoms with Gasteiger partial charge < -0.3 is 5.32 Å². The molecule has 0 radical (unpaired) electrons. The molecular weight excluding hydrogens is 268 g/mol. The van der Waals surface area contributed by atoms with Crippen molar-refractivity contribution in [2.75, 3.05) is 12.3 Å². The van der Waals surface area contributed by atoms with E-state index in [1.807, 2.05) is 24.0 Å². The Hall–Kier alpha value is -1.75. The van der Waals surface area contributed by atoms with E-state index in [9.17, 15) is 0 Å². The molecule has 0 aliphatic carbocycles. The van der Waals surface area contributed by atoms with Gasteiger partial charge in [0.2, 0.25) is 0 Å². The molecule has 1 saturated heterocycles. The number of aromatic nitrogens is 2. The lowest BCUT2D eigenvalue weighted by Crippen LogP contribution is -2.19. The van der Waals surface area contributed by atoms with Crippen molar-refractivity contribution in [3.05, 3.63) is 53.9 Å². The molecule has 5 heteroatoms. The molecule has 1 atom stereocenters. The average molecular weight is 286 g/mol. The summed E-state index contributed by atoms with van der Waals surface area (Å²) in [5.41, 5.74) is 2.55. The zero-order valence-corrected chi connectivity index (χ0v) is 12.3. The molecule has 0 bridgehead atoms. The quantitative estimate of drug-likeness (QED) is 0.938. The fourth-order valence-electron chi connectivity index (χ4n) is 2.27. The molecule has 2 heterocycles. The fraction of sp³-hybridized carbons (Fsp3) is 0.333. The lowest BCUT2D eigenvalue weighted by atomic mass is 10.1. The second-order valence-electron chi connectivity index (χ2n) is 4.80. The zero-order chi connectivity index (χ0) is 13.8. The Morgan fingerprint density at radius 1 is 1.35 bits per heavy atom. The van der Waals surface area contributed by atoms with Gasteiger partial charge in [0.25, 0.3) is 0 Å². The van der Waals surface area contributed by atoms with Crippen LogP contribution in [0.4, 0.5) is 0 Å². The first-order valence-electron chi connectivity index (χ1n) is 6.78. The van der Waals surface area contributed by atoms with Crippen LogP contribution in [0.2, 0.25) is 0 Å². The SMILES string of the molecule is Cn1nccc1CCN=C1NC(c2ccccc2)CS1. The number of aryl methyl sites for hydroxylation is 1. The van der Waals surface area contributed by atoms with E-state index in [4.69, 9.17) is 0 Å². The Labute approximate surface area is 123 Å². The highest BCUT2D eigenvalue weighted by Gasteiger charge is 2.21. The van der Waals surface area contributed by atoms with Crippen molar-refractivity contribution >= 4 is 16.9 Å². The second-order valence-corrected chi connectivity index (χ2v) is 5.81. The van der Waals surface area contributed by atoms with Crippen LogP contribution in [0.1, 0.15) is 17.3 Å². The summed E-state index contributed by atoms with van der Waals surface area (Å²) < 4.78 is 1.90. The van der Waals surface area contributed by atoms with Crippen LogP contribution in [0, 0.1) is 0 Å². The largest absolute Gasteiger partial charge is 0.357 e. The minimum Gasteiger partial charge on any atom is -0.357 e. The zero-order valence-electron chi connectivity index (χ0n) is 11.5. The summed E-state index contributed by atoms with van der Waals surface area (Å²) in [6.45, 7) is 0.802. The monoisotopic (exact) mass is 286 g/mol. The molecule has 1 aliphatic rings. The average Bonchev–Trinajstić information content (AvgIpc) is 3.10. The van der Waals surface area contributed by atoms with Crippen molar-refractivity contribution in [2.24, 2.45) is 12.0 Å². The molecule has 20 heavy (non-hydrogen) atoms. The minimum atomic E-state index is 0.386. The maximum absolute atomic E-state index is 4.64. The smallest absolute Gasteiger partial charge is 0.157 e. The van der Waals surface area contributed by atoms with E-state index in [1.165, 1.54) is 11.3 Å². The van der Waals surface area contributed by atoms with E-state index in [-0.39, 0.29) is 0 Å². The van der Waals surface area contributed by atoms with Crippen LogP contribution in [0.25, 0.3) is 0 Å². The van der Waals surface area contributed by atoms with E-state index in [2.05, 4.69) is 45.7 Å². The summed E-state index contributed by atoms with van der Waals surface area (Å²) in [5, 5.41) is 8.72. The summed E-state index contributed by atoms with van der Waals surface area (Å²) in [6.07, 6.45) is 2.76. The van der Waals surface area contributed by atoms with Crippen molar-refractivity contribution in [3.8, 4) is 0 Å². The van der Waals surface area contributed by atoms with Gasteiger partial charge in [-0.2, -0.15) is 5.10 Å². The van der Waals surface area contributed by atoms with Crippen LogP contribution in [-0.2, 0) is 13.5 Å². The normalized spacial score (nSPS) is 20.2. The van der Waals surface area contributed by atoms with Gasteiger partial charge >= 0.3 is 0 Å². The third kappa shape index (κ3) is 3.04. The first-order chi connectivity index (χ1) is 9.83. The molecule has 1 aromatic carbocycles. The Morgan fingerprint density at radius 3 is 2.95 bits per heavy atom. The molecule has 1 unspecified atom stereocenters. The van der Waals surface area contributed by atoms with Gasteiger partial charge in [0.1, 0.15) is 0 Å². The number of hydrogen-bond acceptors (Lipinski definition) is 3. The first kappa shape index (κ1) is 13.2. The van der Waals surface area contributed by atoms with E-state index < -0.39 is 0 Å². The number of aliphatic imine (C=N–C) groups is 1. The van der Waals surface area contributed by atoms with Crippen molar-refractivity contribution in [3.63, 3.8) is 0 Å². The van der Waals surface area contributed by atoms with Crippen molar-refractivity contribution in [1.29, 1.82) is 0 Å². The fourth-order valence-corrected chi connectivity index (χ4v) is 3.28. The Bertz CT molecular complexity index is 591. The highest BCUT2D eigenvalue weighted by molar-refractivity contribution is 8.14. The van der Waals surface area contributed by atoms with E-state index in [0.29, 0.717) is 6.04 Å². The predicted octanol–water partition coefficient (Wildman–Crippen LogP) is 2.40. The van der Waals surface area contributed by atoms with Gasteiger partial charge in [-0.3, -0.25) is 9.67 Å². The minimum absolute atomic E-state index is 0.386. The number of thioether (sulfide) groups is 1. The Morgan fingerprint density at radius 2 is 2.20 bits per heavy atom. The second kappa shape index (κ2) is 6.13. The number of amidine groups is 1. The van der Waals surface area contributed by atoms with E-state index in [1.54, 1.807) is 11.8 Å². The number of nitrogens with zero attached hydrogens (tertiary/aromatic N) is 3. The van der Waals surface area contributed by atoms with Crippen LogP contribution in [0.15, 0.2) is 47.6 Å². The van der Waals surface area contributed by atoms with E-state index in [0.717, 1.165) is 23.9 Å². The van der Waals surface area contributed by atoms with Gasteiger partial charge in [0.15, 0.2) is 5.17 Å². The first-order valence-corrected chi connectivity index (χ1v) is 7.77. The maximum atomic E-state index is 4.64. The summed E-state index contributed by atoms with van der Waals surface area (Å²) >= 11 is 1.80. The van der Waals surface area contributed by atoms with Crippen molar-refractivity contribution < 1.29 is 0 Å². The molecule has 0 saturated carbocycles. The van der Waals surface area contributed by atoms with Gasteiger partial charge in [-0.05, 0) is 11.6 Å². The van der Waals surface area contributed by atoms with Gasteiger partial charge in [-0.15, -0.1) is 0 Å². The van der Waals surface area contributed by atoms with Crippen LogP contribution in [-0.4, -0.2) is 27.2 Å². The van der Waals surface area contributed by atoms with E-state index >= 15 is 0 Å². The van der Waals surface area contributed by atoms with Crippen LogP contribution in [0.5, 0.6) is 0 Å². The standard InChI is InChI=1S/C15H18N4S/c1-19-13(8-10-17-19)7-9-16-15-18-14(11-20-15)12-5-3-2-4-6-12/h2-6,8,10,14H,7,9,11H2,1H3,(H,16,18). The van der Waals surface area contributed by atoms with Crippen LogP contribution in [0.3, 0.4) is 0 Å². The summed E-state index contributed by atoms with van der Waals surface area (Å²) in [4.78, 5) is 4.64. The van der Waals surface area contributed by atoms with Crippen molar-refractivity contribution in [1.82, 2.24) is 15.1 Å². The summed E-state index contributed by atoms with van der Waals surface area (Å²) in [6, 6.07) is 13.0. The highest BCUT2D eigenvalue weighted by Crippen LogP contribution is 2.25. The molecule has 1 aliphatic heterocycles. The molecule has 104 valence electrons. The number of nitrogens with one attached hydrogen (secondary N) is 1. The summed E-state index contributed by atoms with van der Waals surface area (Å²) in [7, 11) is 1.97. The molecule has 0 amide bonds. The topological polar surface area (TPSA) is 42.2 Å². The Balaban J connectivity index is 1.55. The van der Waals surface area contributed by atoms with Gasteiger partial charge in [0.05, 0.1) is 6.04 Å². The molecule has 3 rings (SSSR count). The molecule has 0 spiro atoms. The third-order valence-corrected chi connectivity index (χ3v) is 4.45.